The van der Waals surface area contributed by atoms with Crippen molar-refractivity contribution < 1.29 is 61.5 Å². The van der Waals surface area contributed by atoms with E-state index in [1.165, 1.54) is 24.5 Å². The summed E-state index contributed by atoms with van der Waals surface area (Å²) in [7, 11) is 0. The lowest BCUT2D eigenvalue weighted by atomic mass is 10.1. The molecule has 4 nitrogen and oxygen atoms in total. The molecule has 1 heterocycles. The number of nitrogens with one attached hydrogen (secondary N) is 1. The Labute approximate surface area is 168 Å². The molecule has 0 unspecified atom stereocenters. The lowest BCUT2D eigenvalue weighted by Crippen LogP contribution is -3.00. The lowest BCUT2D eigenvalue weighted by molar-refractivity contribution is -0.428. The summed E-state index contributed by atoms with van der Waals surface area (Å²) in [5.41, 5.74) is 0.0790. The van der Waals surface area contributed by atoms with Crippen molar-refractivity contribution in [2.75, 3.05) is 5.32 Å². The Morgan fingerprint density at radius 1 is 0.867 bits per heavy atom. The van der Waals surface area contributed by atoms with Crippen LogP contribution >= 0.6 is 0 Å². The molecule has 0 atom stereocenters. The van der Waals surface area contributed by atoms with E-state index >= 15 is 0 Å². The second-order valence-corrected chi connectivity index (χ2v) is 5.49. The number of hydrogen-bond donors (Lipinski definition) is 1. The Hall–Kier alpha value is -2.70. The Kier molecular flexibility index (Phi) is 7.24. The summed E-state index contributed by atoms with van der Waals surface area (Å²) in [4.78, 5) is 15.6. The van der Waals surface area contributed by atoms with Gasteiger partial charge in [-0.25, -0.2) is 0 Å². The highest BCUT2D eigenvalue weighted by Crippen LogP contribution is 2.53. The average molecular weight is 468 g/mol. The second kappa shape index (κ2) is 8.58. The summed E-state index contributed by atoms with van der Waals surface area (Å²) < 4.78 is 118. The van der Waals surface area contributed by atoms with E-state index in [-0.39, 0.29) is 23.7 Å². The Morgan fingerprint density at radius 2 is 1.43 bits per heavy atom. The van der Waals surface area contributed by atoms with Gasteiger partial charge in [0.25, 0.3) is 5.91 Å². The maximum atomic E-state index is 13.4. The predicted octanol–water partition coefficient (Wildman–Crippen LogP) is 2.14. The van der Waals surface area contributed by atoms with E-state index in [9.17, 15) is 44.3 Å². The fourth-order valence-corrected chi connectivity index (χ4v) is 1.88. The number of carbonyl (C=O) groups excluding carboxylic acids is 1. The Morgan fingerprint density at radius 3 is 1.90 bits per heavy atom. The molecule has 30 heavy (non-hydrogen) atoms. The molecule has 1 amide bonds. The molecular formula is C16H9ClF9N2O2-. The third kappa shape index (κ3) is 4.89. The van der Waals surface area contributed by atoms with Gasteiger partial charge in [-0.2, -0.15) is 39.5 Å². The largest absolute Gasteiger partial charge is 1.00 e. The van der Waals surface area contributed by atoms with Gasteiger partial charge in [-0.05, 0) is 36.4 Å². The molecule has 1 N–H and O–H groups in total. The molecular weight excluding hydrogens is 459 g/mol. The fraction of sp³-hybridized carbons (Fsp3) is 0.250. The van der Waals surface area contributed by atoms with Crippen molar-refractivity contribution in [2.24, 2.45) is 0 Å². The van der Waals surface area contributed by atoms with Crippen LogP contribution in [0.15, 0.2) is 48.8 Å². The first-order valence-electron chi connectivity index (χ1n) is 7.39. The quantitative estimate of drug-likeness (QED) is 0.663. The van der Waals surface area contributed by atoms with Crippen LogP contribution in [0.25, 0.3) is 0 Å². The van der Waals surface area contributed by atoms with Crippen LogP contribution in [0, 0.1) is 0 Å². The highest BCUT2D eigenvalue weighted by Gasteiger charge is 2.83. The first kappa shape index (κ1) is 25.3. The summed E-state index contributed by atoms with van der Waals surface area (Å²) in [6.07, 6.45) is -10.5. The van der Waals surface area contributed by atoms with Crippen molar-refractivity contribution >= 4 is 11.6 Å². The SMILES string of the molecule is O=C(Nc1ccc(OC(F)(F)C(F)(F)C(F)(F)C(F)(F)F)cc1)c1cccnc1.[Cl-]. The van der Waals surface area contributed by atoms with E-state index in [0.29, 0.717) is 12.1 Å². The summed E-state index contributed by atoms with van der Waals surface area (Å²) in [5.74, 6) is -15.8. The first-order chi connectivity index (χ1) is 13.2. The molecule has 2 rings (SSSR count). The number of carbonyl (C=O) groups is 1. The standard InChI is InChI=1S/C16H9F9N2O2.ClH/c17-13(18,15(21,22)23)14(19,20)16(24,25)29-11-5-3-10(4-6-11)27-12(28)9-2-1-7-26-8-9;/h1-8H,(H,27,28);1H/p-1. The van der Waals surface area contributed by atoms with Crippen molar-refractivity contribution in [1.29, 1.82) is 0 Å². The first-order valence-corrected chi connectivity index (χ1v) is 7.39. The van der Waals surface area contributed by atoms with Crippen molar-refractivity contribution in [2.45, 2.75) is 24.1 Å². The van der Waals surface area contributed by atoms with Gasteiger partial charge in [-0.3, -0.25) is 9.78 Å². The molecule has 14 heteroatoms. The van der Waals surface area contributed by atoms with Gasteiger partial charge >= 0.3 is 24.1 Å². The monoisotopic (exact) mass is 467 g/mol. The van der Waals surface area contributed by atoms with Crippen LogP contribution in [0.1, 0.15) is 10.4 Å². The van der Waals surface area contributed by atoms with E-state index in [4.69, 9.17) is 0 Å². The summed E-state index contributed by atoms with van der Waals surface area (Å²) >= 11 is 0. The van der Waals surface area contributed by atoms with Crippen molar-refractivity contribution in [3.05, 3.63) is 54.4 Å². The molecule has 0 aliphatic rings. The van der Waals surface area contributed by atoms with Gasteiger partial charge in [0.2, 0.25) is 0 Å². The van der Waals surface area contributed by atoms with Crippen LogP contribution in [-0.2, 0) is 0 Å². The molecule has 0 fully saturated rings. The second-order valence-electron chi connectivity index (χ2n) is 5.49. The number of pyridine rings is 1. The third-order valence-electron chi connectivity index (χ3n) is 3.40. The summed E-state index contributed by atoms with van der Waals surface area (Å²) in [6, 6.07) is 5.72. The van der Waals surface area contributed by atoms with E-state index in [1.807, 2.05) is 0 Å². The van der Waals surface area contributed by atoms with Gasteiger partial charge in [0, 0.05) is 18.1 Å². The van der Waals surface area contributed by atoms with Gasteiger partial charge in [0.05, 0.1) is 5.56 Å². The summed E-state index contributed by atoms with van der Waals surface area (Å²) in [5, 5.41) is 2.28. The number of alkyl halides is 9. The highest BCUT2D eigenvalue weighted by molar-refractivity contribution is 6.04. The molecule has 0 bridgehead atoms. The van der Waals surface area contributed by atoms with Crippen LogP contribution < -0.4 is 22.5 Å². The zero-order valence-electron chi connectivity index (χ0n) is 14.2. The van der Waals surface area contributed by atoms with Gasteiger partial charge in [-0.15, -0.1) is 0 Å². The van der Waals surface area contributed by atoms with Crippen LogP contribution in [-0.4, -0.2) is 35.0 Å². The van der Waals surface area contributed by atoms with Crippen molar-refractivity contribution in [3.8, 4) is 5.75 Å². The van der Waals surface area contributed by atoms with Gasteiger partial charge in [-0.1, -0.05) is 0 Å². The number of rotatable bonds is 6. The number of amides is 1. The molecule has 166 valence electrons. The molecule has 0 saturated heterocycles. The third-order valence-corrected chi connectivity index (χ3v) is 3.40. The highest BCUT2D eigenvalue weighted by atomic mass is 35.5. The predicted molar refractivity (Wildman–Crippen MR) is 80.2 cm³/mol. The number of halogens is 10. The van der Waals surface area contributed by atoms with Gasteiger partial charge < -0.3 is 22.5 Å². The number of ether oxygens (including phenoxy) is 1. The number of benzene rings is 1. The normalized spacial score (nSPS) is 12.7. The number of anilines is 1. The maximum absolute atomic E-state index is 13.4. The average Bonchev–Trinajstić information content (AvgIpc) is 2.62. The van der Waals surface area contributed by atoms with E-state index < -0.39 is 35.8 Å². The Bertz CT molecular complexity index is 859. The maximum Gasteiger partial charge on any atom is 0.471 e. The number of nitrogens with zero attached hydrogens (tertiary/aromatic N) is 1. The molecule has 0 aliphatic carbocycles. The van der Waals surface area contributed by atoms with Gasteiger partial charge in [0.1, 0.15) is 5.75 Å². The van der Waals surface area contributed by atoms with Gasteiger partial charge in [0.15, 0.2) is 0 Å². The molecule has 0 saturated carbocycles. The zero-order valence-corrected chi connectivity index (χ0v) is 14.9. The molecule has 1 aromatic heterocycles. The van der Waals surface area contributed by atoms with Crippen LogP contribution in [0.4, 0.5) is 45.2 Å². The zero-order chi connectivity index (χ0) is 22.1. The van der Waals surface area contributed by atoms with E-state index in [2.05, 4.69) is 15.0 Å². The summed E-state index contributed by atoms with van der Waals surface area (Å²) in [6.45, 7) is 0. The number of hydrogen-bond acceptors (Lipinski definition) is 3. The van der Waals surface area contributed by atoms with Crippen molar-refractivity contribution in [3.63, 3.8) is 0 Å². The minimum Gasteiger partial charge on any atom is -1.00 e. The van der Waals surface area contributed by atoms with Crippen LogP contribution in [0.3, 0.4) is 0 Å². The van der Waals surface area contributed by atoms with E-state index in [0.717, 1.165) is 12.1 Å². The molecule has 0 aliphatic heterocycles. The van der Waals surface area contributed by atoms with Crippen molar-refractivity contribution in [1.82, 2.24) is 4.98 Å². The topological polar surface area (TPSA) is 51.2 Å². The minimum atomic E-state index is -7.05. The lowest BCUT2D eigenvalue weighted by Gasteiger charge is -2.33. The van der Waals surface area contributed by atoms with Crippen LogP contribution in [0.2, 0.25) is 0 Å². The molecule has 1 aromatic carbocycles. The fourth-order valence-electron chi connectivity index (χ4n) is 1.88. The molecule has 0 spiro atoms. The van der Waals surface area contributed by atoms with E-state index in [1.54, 1.807) is 0 Å². The smallest absolute Gasteiger partial charge is 0.471 e. The molecule has 0 radical (unpaired) electrons. The Balaban J connectivity index is 0.00000450. The minimum absolute atomic E-state index is 0. The van der Waals surface area contributed by atoms with Crippen LogP contribution in [0.5, 0.6) is 5.75 Å². The number of aromatic nitrogens is 1. The molecule has 2 aromatic rings.